The summed E-state index contributed by atoms with van der Waals surface area (Å²) in [6, 6.07) is 16.2. The summed E-state index contributed by atoms with van der Waals surface area (Å²) in [5.74, 6) is 1.72. The molecule has 2 heterocycles. The fraction of sp³-hybridized carbons (Fsp3) is 0.348. The van der Waals surface area contributed by atoms with Crippen molar-refractivity contribution in [2.45, 2.75) is 38.8 Å². The van der Waals surface area contributed by atoms with E-state index < -0.39 is 0 Å². The van der Waals surface area contributed by atoms with Gasteiger partial charge >= 0.3 is 0 Å². The Kier molecular flexibility index (Phi) is 5.99. The highest BCUT2D eigenvalue weighted by Crippen LogP contribution is 2.34. The summed E-state index contributed by atoms with van der Waals surface area (Å²) in [5.41, 5.74) is 3.27. The summed E-state index contributed by atoms with van der Waals surface area (Å²) in [7, 11) is 1.66. The minimum atomic E-state index is 0.0983. The molecule has 156 valence electrons. The Morgan fingerprint density at radius 1 is 1.27 bits per heavy atom. The van der Waals surface area contributed by atoms with E-state index in [0.717, 1.165) is 47.7 Å². The maximum atomic E-state index is 13.1. The zero-order valence-corrected chi connectivity index (χ0v) is 18.1. The molecule has 1 aliphatic rings. The fourth-order valence-corrected chi connectivity index (χ4v) is 4.36. The standard InChI is InChI=1S/C23H26N4O2S/c1-16-6-3-8-18(14-16)22-24-25-23(30)27(22)13-11-21(28)26-12-5-10-20(26)17-7-4-9-19(15-17)29-2/h3-4,6-9,14-15,20H,5,10-13H2,1-2H3,(H,25,30). The molecule has 1 N–H and O–H groups in total. The summed E-state index contributed by atoms with van der Waals surface area (Å²) in [6.07, 6.45) is 2.36. The molecule has 0 spiro atoms. The van der Waals surface area contributed by atoms with Crippen LogP contribution in [0, 0.1) is 11.7 Å². The van der Waals surface area contributed by atoms with Crippen LogP contribution in [0.15, 0.2) is 48.5 Å². The number of likely N-dealkylation sites (tertiary alicyclic amines) is 1. The Morgan fingerprint density at radius 3 is 2.90 bits per heavy atom. The predicted octanol–water partition coefficient (Wildman–Crippen LogP) is 4.68. The van der Waals surface area contributed by atoms with Crippen molar-refractivity contribution in [3.8, 4) is 17.1 Å². The van der Waals surface area contributed by atoms with Gasteiger partial charge in [-0.05, 0) is 55.7 Å². The minimum Gasteiger partial charge on any atom is -0.497 e. The van der Waals surface area contributed by atoms with E-state index in [-0.39, 0.29) is 11.9 Å². The van der Waals surface area contributed by atoms with Crippen LogP contribution in [0.1, 0.15) is 36.4 Å². The smallest absolute Gasteiger partial charge is 0.224 e. The van der Waals surface area contributed by atoms with E-state index in [1.54, 1.807) is 7.11 Å². The molecule has 1 unspecified atom stereocenters. The molecule has 2 aromatic carbocycles. The number of rotatable bonds is 6. The molecule has 1 saturated heterocycles. The largest absolute Gasteiger partial charge is 0.497 e. The number of hydrogen-bond donors (Lipinski definition) is 1. The second kappa shape index (κ2) is 8.83. The van der Waals surface area contributed by atoms with Gasteiger partial charge in [-0.15, -0.1) is 0 Å². The summed E-state index contributed by atoms with van der Waals surface area (Å²) in [4.78, 5) is 15.1. The zero-order chi connectivity index (χ0) is 21.1. The molecule has 1 fully saturated rings. The molecule has 0 radical (unpaired) electrons. The van der Waals surface area contributed by atoms with E-state index in [9.17, 15) is 4.79 Å². The maximum Gasteiger partial charge on any atom is 0.224 e. The monoisotopic (exact) mass is 422 g/mol. The lowest BCUT2D eigenvalue weighted by atomic mass is 10.0. The molecule has 7 heteroatoms. The van der Waals surface area contributed by atoms with E-state index in [1.165, 1.54) is 0 Å². The molecule has 30 heavy (non-hydrogen) atoms. The molecule has 3 aromatic rings. The van der Waals surface area contributed by atoms with E-state index in [1.807, 2.05) is 52.8 Å². The lowest BCUT2D eigenvalue weighted by Crippen LogP contribution is -2.31. The van der Waals surface area contributed by atoms with Crippen LogP contribution in [0.25, 0.3) is 11.4 Å². The quantitative estimate of drug-likeness (QED) is 0.586. The van der Waals surface area contributed by atoms with Crippen LogP contribution in [-0.2, 0) is 11.3 Å². The maximum absolute atomic E-state index is 13.1. The number of amides is 1. The zero-order valence-electron chi connectivity index (χ0n) is 17.3. The molecule has 0 bridgehead atoms. The van der Waals surface area contributed by atoms with Gasteiger partial charge in [0.05, 0.1) is 13.2 Å². The highest BCUT2D eigenvalue weighted by Gasteiger charge is 2.30. The van der Waals surface area contributed by atoms with Crippen molar-refractivity contribution >= 4 is 18.1 Å². The van der Waals surface area contributed by atoms with E-state index >= 15 is 0 Å². The topological polar surface area (TPSA) is 63.1 Å². The SMILES string of the molecule is COc1cccc(C2CCCN2C(=O)CCn2c(-c3cccc(C)c3)n[nH]c2=S)c1. The van der Waals surface area contributed by atoms with E-state index in [2.05, 4.69) is 22.3 Å². The van der Waals surface area contributed by atoms with Crippen LogP contribution in [-0.4, -0.2) is 39.2 Å². The third kappa shape index (κ3) is 4.16. The first-order valence-corrected chi connectivity index (χ1v) is 10.6. The van der Waals surface area contributed by atoms with Gasteiger partial charge in [0.2, 0.25) is 5.91 Å². The Morgan fingerprint density at radius 2 is 2.10 bits per heavy atom. The van der Waals surface area contributed by atoms with Crippen molar-refractivity contribution < 1.29 is 9.53 Å². The Balaban J connectivity index is 1.50. The summed E-state index contributed by atoms with van der Waals surface area (Å²) in [6.45, 7) is 3.33. The highest BCUT2D eigenvalue weighted by atomic mass is 32.1. The van der Waals surface area contributed by atoms with Gasteiger partial charge in [0, 0.05) is 25.1 Å². The van der Waals surface area contributed by atoms with Gasteiger partial charge < -0.3 is 9.64 Å². The van der Waals surface area contributed by atoms with Crippen molar-refractivity contribution in [1.29, 1.82) is 0 Å². The normalized spacial score (nSPS) is 16.1. The lowest BCUT2D eigenvalue weighted by molar-refractivity contribution is -0.132. The van der Waals surface area contributed by atoms with Crippen molar-refractivity contribution in [2.24, 2.45) is 0 Å². The third-order valence-corrected chi connectivity index (χ3v) is 5.95. The van der Waals surface area contributed by atoms with Crippen molar-refractivity contribution in [2.75, 3.05) is 13.7 Å². The number of methoxy groups -OCH3 is 1. The van der Waals surface area contributed by atoms with Gasteiger partial charge in [-0.2, -0.15) is 5.10 Å². The molecule has 1 aliphatic heterocycles. The van der Waals surface area contributed by atoms with Crippen LogP contribution < -0.4 is 4.74 Å². The molecule has 1 amide bonds. The Labute approximate surface area is 181 Å². The van der Waals surface area contributed by atoms with Gasteiger partial charge in [-0.25, -0.2) is 0 Å². The Bertz CT molecular complexity index is 1100. The van der Waals surface area contributed by atoms with Crippen LogP contribution in [0.5, 0.6) is 5.75 Å². The van der Waals surface area contributed by atoms with Crippen molar-refractivity contribution in [3.05, 3.63) is 64.4 Å². The number of nitrogens with one attached hydrogen (secondary N) is 1. The van der Waals surface area contributed by atoms with Crippen molar-refractivity contribution in [3.63, 3.8) is 0 Å². The van der Waals surface area contributed by atoms with Gasteiger partial charge in [-0.1, -0.05) is 35.9 Å². The molecule has 6 nitrogen and oxygen atoms in total. The van der Waals surface area contributed by atoms with Crippen LogP contribution in [0.3, 0.4) is 0 Å². The number of hydrogen-bond acceptors (Lipinski definition) is 4. The second-order valence-corrected chi connectivity index (χ2v) is 8.03. The molecular weight excluding hydrogens is 396 g/mol. The molecule has 1 atom stereocenters. The molecule has 0 saturated carbocycles. The Hall–Kier alpha value is -2.93. The first-order valence-electron chi connectivity index (χ1n) is 10.2. The number of nitrogens with zero attached hydrogens (tertiary/aromatic N) is 3. The number of aromatic amines is 1. The number of carbonyl (C=O) groups excluding carboxylic acids is 1. The lowest BCUT2D eigenvalue weighted by Gasteiger charge is -2.25. The minimum absolute atomic E-state index is 0.0983. The average Bonchev–Trinajstić information content (AvgIpc) is 3.39. The first-order chi connectivity index (χ1) is 14.6. The first kappa shape index (κ1) is 20.3. The number of ether oxygens (including phenoxy) is 1. The van der Waals surface area contributed by atoms with Crippen molar-refractivity contribution in [1.82, 2.24) is 19.7 Å². The van der Waals surface area contributed by atoms with Gasteiger partial charge in [0.25, 0.3) is 0 Å². The fourth-order valence-electron chi connectivity index (χ4n) is 4.14. The predicted molar refractivity (Wildman–Crippen MR) is 119 cm³/mol. The van der Waals surface area contributed by atoms with Gasteiger partial charge in [0.1, 0.15) is 5.75 Å². The van der Waals surface area contributed by atoms with Crippen LogP contribution in [0.2, 0.25) is 0 Å². The number of aromatic nitrogens is 3. The molecule has 4 rings (SSSR count). The average molecular weight is 423 g/mol. The molecule has 1 aromatic heterocycles. The summed E-state index contributed by atoms with van der Waals surface area (Å²) in [5, 5.41) is 7.26. The summed E-state index contributed by atoms with van der Waals surface area (Å²) >= 11 is 5.43. The summed E-state index contributed by atoms with van der Waals surface area (Å²) < 4.78 is 7.80. The molecule has 0 aliphatic carbocycles. The van der Waals surface area contributed by atoms with Gasteiger partial charge in [-0.3, -0.25) is 14.5 Å². The number of carbonyl (C=O) groups is 1. The highest BCUT2D eigenvalue weighted by molar-refractivity contribution is 7.71. The second-order valence-electron chi connectivity index (χ2n) is 7.65. The number of aryl methyl sites for hydroxylation is 1. The van der Waals surface area contributed by atoms with Crippen LogP contribution >= 0.6 is 12.2 Å². The van der Waals surface area contributed by atoms with Crippen LogP contribution in [0.4, 0.5) is 0 Å². The van der Waals surface area contributed by atoms with E-state index in [0.29, 0.717) is 17.7 Å². The molecular formula is C23H26N4O2S. The number of benzene rings is 2. The van der Waals surface area contributed by atoms with Gasteiger partial charge in [0.15, 0.2) is 10.6 Å². The third-order valence-electron chi connectivity index (χ3n) is 5.64. The number of H-pyrrole nitrogens is 1. The van der Waals surface area contributed by atoms with E-state index in [4.69, 9.17) is 17.0 Å².